The summed E-state index contributed by atoms with van der Waals surface area (Å²) in [5, 5.41) is 0. The van der Waals surface area contributed by atoms with Gasteiger partial charge in [-0.2, -0.15) is 0 Å². The van der Waals surface area contributed by atoms with Gasteiger partial charge in [-0.15, -0.1) is 0 Å². The summed E-state index contributed by atoms with van der Waals surface area (Å²) in [5.41, 5.74) is 0. The van der Waals surface area contributed by atoms with Crippen molar-refractivity contribution >= 4 is 0 Å². The minimum Gasteiger partial charge on any atom is -0.378 e. The van der Waals surface area contributed by atoms with Crippen LogP contribution in [0.15, 0.2) is 0 Å². The van der Waals surface area contributed by atoms with E-state index in [0.717, 1.165) is 19.3 Å². The SMILES string of the molecule is CCCCCN(CCC)C1COC1. The predicted octanol–water partition coefficient (Wildman–Crippen LogP) is 2.29. The fourth-order valence-corrected chi connectivity index (χ4v) is 1.76. The fourth-order valence-electron chi connectivity index (χ4n) is 1.76. The molecule has 1 aliphatic heterocycles. The van der Waals surface area contributed by atoms with Crippen LogP contribution >= 0.6 is 0 Å². The van der Waals surface area contributed by atoms with Crippen molar-refractivity contribution in [2.24, 2.45) is 0 Å². The average molecular weight is 185 g/mol. The summed E-state index contributed by atoms with van der Waals surface area (Å²) >= 11 is 0. The van der Waals surface area contributed by atoms with Gasteiger partial charge in [-0.3, -0.25) is 4.90 Å². The molecular formula is C11H23NO. The Morgan fingerprint density at radius 3 is 2.31 bits per heavy atom. The molecular weight excluding hydrogens is 162 g/mol. The summed E-state index contributed by atoms with van der Waals surface area (Å²) in [6, 6.07) is 0.733. The minimum atomic E-state index is 0.733. The van der Waals surface area contributed by atoms with Crippen LogP contribution in [-0.4, -0.2) is 37.2 Å². The summed E-state index contributed by atoms with van der Waals surface area (Å²) < 4.78 is 5.23. The Labute approximate surface area is 82.3 Å². The van der Waals surface area contributed by atoms with Crippen LogP contribution in [0.2, 0.25) is 0 Å². The number of rotatable bonds is 7. The summed E-state index contributed by atoms with van der Waals surface area (Å²) in [7, 11) is 0. The Hall–Kier alpha value is -0.0800. The Morgan fingerprint density at radius 2 is 1.85 bits per heavy atom. The van der Waals surface area contributed by atoms with Gasteiger partial charge < -0.3 is 4.74 Å². The fraction of sp³-hybridized carbons (Fsp3) is 1.00. The first-order valence-corrected chi connectivity index (χ1v) is 5.70. The zero-order chi connectivity index (χ0) is 9.52. The van der Waals surface area contributed by atoms with E-state index in [-0.39, 0.29) is 0 Å². The molecule has 1 heterocycles. The third-order valence-electron chi connectivity index (χ3n) is 2.70. The van der Waals surface area contributed by atoms with E-state index in [1.54, 1.807) is 0 Å². The van der Waals surface area contributed by atoms with Crippen LogP contribution in [0.25, 0.3) is 0 Å². The van der Waals surface area contributed by atoms with Gasteiger partial charge in [0.05, 0.1) is 19.3 Å². The van der Waals surface area contributed by atoms with Crippen molar-refractivity contribution in [3.8, 4) is 0 Å². The van der Waals surface area contributed by atoms with Gasteiger partial charge >= 0.3 is 0 Å². The van der Waals surface area contributed by atoms with Gasteiger partial charge in [0, 0.05) is 0 Å². The third-order valence-corrected chi connectivity index (χ3v) is 2.70. The monoisotopic (exact) mass is 185 g/mol. The summed E-state index contributed by atoms with van der Waals surface area (Å²) in [6.07, 6.45) is 5.31. The first kappa shape index (κ1) is 11.0. The molecule has 1 rings (SSSR count). The van der Waals surface area contributed by atoms with Gasteiger partial charge in [-0.1, -0.05) is 26.7 Å². The second kappa shape index (κ2) is 6.39. The second-order valence-corrected chi connectivity index (χ2v) is 3.93. The maximum Gasteiger partial charge on any atom is 0.0645 e. The standard InChI is InChI=1S/C11H23NO/c1-3-5-6-8-12(7-4-2)11-9-13-10-11/h11H,3-10H2,1-2H3. The number of hydrogen-bond donors (Lipinski definition) is 0. The van der Waals surface area contributed by atoms with Crippen molar-refractivity contribution in [3.05, 3.63) is 0 Å². The van der Waals surface area contributed by atoms with Crippen LogP contribution in [0, 0.1) is 0 Å². The average Bonchev–Trinajstić information content (AvgIpc) is 2.02. The van der Waals surface area contributed by atoms with E-state index in [9.17, 15) is 0 Å². The van der Waals surface area contributed by atoms with Crippen LogP contribution < -0.4 is 0 Å². The quantitative estimate of drug-likeness (QED) is 0.564. The molecule has 13 heavy (non-hydrogen) atoms. The van der Waals surface area contributed by atoms with Gasteiger partial charge in [0.1, 0.15) is 0 Å². The normalized spacial score (nSPS) is 17.8. The molecule has 0 radical (unpaired) electrons. The minimum absolute atomic E-state index is 0.733. The maximum atomic E-state index is 5.23. The summed E-state index contributed by atoms with van der Waals surface area (Å²) in [5.74, 6) is 0. The highest BCUT2D eigenvalue weighted by Gasteiger charge is 2.24. The Morgan fingerprint density at radius 1 is 1.08 bits per heavy atom. The lowest BCUT2D eigenvalue weighted by Crippen LogP contribution is -2.49. The van der Waals surface area contributed by atoms with E-state index in [1.165, 1.54) is 38.8 Å². The van der Waals surface area contributed by atoms with E-state index < -0.39 is 0 Å². The molecule has 1 fully saturated rings. The van der Waals surface area contributed by atoms with Crippen molar-refractivity contribution in [2.75, 3.05) is 26.3 Å². The van der Waals surface area contributed by atoms with Gasteiger partial charge in [0.25, 0.3) is 0 Å². The molecule has 0 spiro atoms. The Bertz CT molecular complexity index is 123. The molecule has 78 valence electrons. The first-order valence-electron chi connectivity index (χ1n) is 5.70. The first-order chi connectivity index (χ1) is 6.38. The number of unbranched alkanes of at least 4 members (excludes halogenated alkanes) is 2. The molecule has 0 aromatic heterocycles. The zero-order valence-electron chi connectivity index (χ0n) is 9.09. The molecule has 0 bridgehead atoms. The lowest BCUT2D eigenvalue weighted by molar-refractivity contribution is -0.0651. The summed E-state index contributed by atoms with van der Waals surface area (Å²) in [6.45, 7) is 8.97. The van der Waals surface area contributed by atoms with E-state index in [1.807, 2.05) is 0 Å². The second-order valence-electron chi connectivity index (χ2n) is 3.93. The van der Waals surface area contributed by atoms with Crippen LogP contribution in [0.3, 0.4) is 0 Å². The zero-order valence-corrected chi connectivity index (χ0v) is 9.09. The van der Waals surface area contributed by atoms with Crippen molar-refractivity contribution in [1.29, 1.82) is 0 Å². The van der Waals surface area contributed by atoms with E-state index in [0.29, 0.717) is 0 Å². The van der Waals surface area contributed by atoms with E-state index in [2.05, 4.69) is 18.7 Å². The topological polar surface area (TPSA) is 12.5 Å². The number of ether oxygens (including phenoxy) is 1. The lowest BCUT2D eigenvalue weighted by atomic mass is 10.1. The lowest BCUT2D eigenvalue weighted by Gasteiger charge is -2.37. The molecule has 0 aromatic carbocycles. The predicted molar refractivity (Wildman–Crippen MR) is 56.0 cm³/mol. The Balaban J connectivity index is 2.12. The van der Waals surface area contributed by atoms with Gasteiger partial charge in [-0.25, -0.2) is 0 Å². The smallest absolute Gasteiger partial charge is 0.0645 e. The number of nitrogens with zero attached hydrogens (tertiary/aromatic N) is 1. The maximum absolute atomic E-state index is 5.23. The van der Waals surface area contributed by atoms with Crippen molar-refractivity contribution in [3.63, 3.8) is 0 Å². The van der Waals surface area contributed by atoms with Crippen LogP contribution in [0.4, 0.5) is 0 Å². The van der Waals surface area contributed by atoms with Crippen molar-refractivity contribution < 1.29 is 4.74 Å². The van der Waals surface area contributed by atoms with Crippen LogP contribution in [0.5, 0.6) is 0 Å². The number of hydrogen-bond acceptors (Lipinski definition) is 2. The molecule has 1 aliphatic rings. The Kier molecular flexibility index (Phi) is 5.40. The molecule has 0 aromatic rings. The molecule has 1 saturated heterocycles. The van der Waals surface area contributed by atoms with Crippen LogP contribution in [-0.2, 0) is 4.74 Å². The van der Waals surface area contributed by atoms with Gasteiger partial charge in [0.2, 0.25) is 0 Å². The molecule has 0 atom stereocenters. The van der Waals surface area contributed by atoms with E-state index in [4.69, 9.17) is 4.74 Å². The van der Waals surface area contributed by atoms with Gasteiger partial charge in [-0.05, 0) is 25.9 Å². The van der Waals surface area contributed by atoms with Crippen LogP contribution in [0.1, 0.15) is 39.5 Å². The highest BCUT2D eigenvalue weighted by molar-refractivity contribution is 4.76. The molecule has 0 saturated carbocycles. The molecule has 0 N–H and O–H groups in total. The molecule has 0 aliphatic carbocycles. The van der Waals surface area contributed by atoms with Gasteiger partial charge in [0.15, 0.2) is 0 Å². The summed E-state index contributed by atoms with van der Waals surface area (Å²) in [4.78, 5) is 2.60. The third kappa shape index (κ3) is 3.65. The highest BCUT2D eigenvalue weighted by atomic mass is 16.5. The largest absolute Gasteiger partial charge is 0.378 e. The molecule has 0 amide bonds. The van der Waals surface area contributed by atoms with Crippen molar-refractivity contribution in [2.45, 2.75) is 45.6 Å². The van der Waals surface area contributed by atoms with Crippen molar-refractivity contribution in [1.82, 2.24) is 4.90 Å². The molecule has 2 nitrogen and oxygen atoms in total. The highest BCUT2D eigenvalue weighted by Crippen LogP contribution is 2.12. The molecule has 2 heteroatoms. The molecule has 0 unspecified atom stereocenters. The van der Waals surface area contributed by atoms with E-state index >= 15 is 0 Å².